The first-order chi connectivity index (χ1) is 8.10. The van der Waals surface area contributed by atoms with Gasteiger partial charge in [0, 0.05) is 31.1 Å². The van der Waals surface area contributed by atoms with Crippen LogP contribution in [0.2, 0.25) is 18.1 Å². The van der Waals surface area contributed by atoms with Crippen LogP contribution in [0, 0.1) is 37.7 Å². The minimum Gasteiger partial charge on any atom is -0.539 e. The van der Waals surface area contributed by atoms with Crippen molar-refractivity contribution in [3.8, 4) is 0 Å². The molecule has 2 heterocycles. The fourth-order valence-corrected chi connectivity index (χ4v) is 3.52. The Balaban J connectivity index is 0.00000180. The summed E-state index contributed by atoms with van der Waals surface area (Å²) in [7, 11) is -1.90. The first-order valence-corrected chi connectivity index (χ1v) is 9.50. The maximum absolute atomic E-state index is 10.0. The first-order valence-electron chi connectivity index (χ1n) is 6.59. The number of aliphatic hydroxyl groups is 1. The second-order valence-electron chi connectivity index (χ2n) is 6.96. The average Bonchev–Trinajstić information content (AvgIpc) is 2.72. The van der Waals surface area contributed by atoms with E-state index in [2.05, 4.69) is 33.9 Å². The largest absolute Gasteiger partial charge is 0.539 e. The molecule has 0 aromatic carbocycles. The van der Waals surface area contributed by atoms with E-state index in [1.54, 1.807) is 13.5 Å². The van der Waals surface area contributed by atoms with Crippen LogP contribution in [-0.4, -0.2) is 43.9 Å². The maximum atomic E-state index is 10.0. The Bertz CT molecular complexity index is 319. The first kappa shape index (κ1) is 18.2. The molecule has 0 saturated carbocycles. The van der Waals surface area contributed by atoms with Crippen molar-refractivity contribution in [2.24, 2.45) is 0 Å². The number of rotatable bonds is 3. The summed E-state index contributed by atoms with van der Waals surface area (Å²) in [5, 5.41) is 10.1. The van der Waals surface area contributed by atoms with Crippen LogP contribution in [0.5, 0.6) is 0 Å². The van der Waals surface area contributed by atoms with Gasteiger partial charge in [0.15, 0.2) is 8.32 Å². The van der Waals surface area contributed by atoms with Gasteiger partial charge in [0.1, 0.15) is 5.60 Å². The Morgan fingerprint density at radius 3 is 2.37 bits per heavy atom. The Labute approximate surface area is 141 Å². The van der Waals surface area contributed by atoms with Crippen molar-refractivity contribution in [3.63, 3.8) is 0 Å². The molecule has 1 unspecified atom stereocenters. The molecule has 0 aliphatic carbocycles. The van der Waals surface area contributed by atoms with Crippen LogP contribution in [-0.2, 0) is 13.9 Å². The molecule has 2 saturated heterocycles. The second-order valence-corrected chi connectivity index (χ2v) is 11.7. The predicted molar refractivity (Wildman–Crippen MR) is 71.6 cm³/mol. The van der Waals surface area contributed by atoms with Gasteiger partial charge in [0.05, 0.1) is 18.8 Å². The van der Waals surface area contributed by atoms with E-state index in [0.717, 1.165) is 0 Å². The number of hydrogen-bond acceptors (Lipinski definition) is 4. The quantitative estimate of drug-likeness (QED) is 0.466. The molecule has 0 radical (unpaired) electrons. The summed E-state index contributed by atoms with van der Waals surface area (Å²) in [6, 6.07) is 0. The zero-order valence-corrected chi connectivity index (χ0v) is 17.9. The van der Waals surface area contributed by atoms with Gasteiger partial charge in [0.2, 0.25) is 0 Å². The Morgan fingerprint density at radius 1 is 1.42 bits per heavy atom. The van der Waals surface area contributed by atoms with Gasteiger partial charge >= 0.3 is 0 Å². The van der Waals surface area contributed by atoms with E-state index in [9.17, 15) is 5.11 Å². The molecule has 6 heteroatoms. The molecule has 19 heavy (non-hydrogen) atoms. The number of hydrogen-bond donors (Lipinski definition) is 1. The molecule has 1 N–H and O–H groups in total. The molecule has 2 bridgehead atoms. The SMILES string of the molecule is CC(O)[C@@]12CO[C@@H]([CH-]O1)[C@@H]2O[Si](C)(C)C(C)(C)C.[U]. The summed E-state index contributed by atoms with van der Waals surface area (Å²) in [5.41, 5.74) is -0.708. The standard InChI is InChI=1S/C13H25O4Si.U/c1-9(14)13-8-15-10(7-16-13)11(13)17-18(5,6)12(2,3)4;/h7,9-11,14H,8H2,1-6H3;/q-1;/t9?,10-,11-,13+;/m0./s1. The molecule has 2 aliphatic rings. The fourth-order valence-electron chi connectivity index (χ4n) is 2.20. The van der Waals surface area contributed by atoms with E-state index in [1.165, 1.54) is 0 Å². The summed E-state index contributed by atoms with van der Waals surface area (Å²) in [4.78, 5) is 0. The topological polar surface area (TPSA) is 47.9 Å². The van der Waals surface area contributed by atoms with Gasteiger partial charge in [-0.25, -0.2) is 0 Å². The van der Waals surface area contributed by atoms with Crippen LogP contribution < -0.4 is 0 Å². The number of ether oxygens (including phenoxy) is 2. The van der Waals surface area contributed by atoms with Crippen molar-refractivity contribution < 1.29 is 50.1 Å². The van der Waals surface area contributed by atoms with Gasteiger partial charge in [-0.15, -0.1) is 0 Å². The second kappa shape index (κ2) is 5.72. The predicted octanol–water partition coefficient (Wildman–Crippen LogP) is 2.09. The van der Waals surface area contributed by atoms with Gasteiger partial charge in [-0.3, -0.25) is 0 Å². The summed E-state index contributed by atoms with van der Waals surface area (Å²) in [5.74, 6) is 0. The van der Waals surface area contributed by atoms with Crippen molar-refractivity contribution in [2.75, 3.05) is 6.61 Å². The van der Waals surface area contributed by atoms with Crippen LogP contribution >= 0.6 is 0 Å². The maximum Gasteiger partial charge on any atom is 0.192 e. The van der Waals surface area contributed by atoms with Crippen LogP contribution in [0.1, 0.15) is 27.7 Å². The minimum absolute atomic E-state index is 0. The molecule has 110 valence electrons. The molecule has 2 aliphatic heterocycles. The molecular formula is C13H25O4SiU-. The van der Waals surface area contributed by atoms with Gasteiger partial charge in [0.25, 0.3) is 0 Å². The summed E-state index contributed by atoms with van der Waals surface area (Å²) in [6.45, 7) is 14.9. The zero-order chi connectivity index (χ0) is 13.8. The zero-order valence-electron chi connectivity index (χ0n) is 12.7. The molecule has 2 fully saturated rings. The summed E-state index contributed by atoms with van der Waals surface area (Å²) in [6.07, 6.45) is -0.928. The van der Waals surface area contributed by atoms with Gasteiger partial charge < -0.3 is 19.0 Å². The van der Waals surface area contributed by atoms with Gasteiger partial charge in [-0.2, -0.15) is 6.61 Å². The van der Waals surface area contributed by atoms with E-state index in [4.69, 9.17) is 13.9 Å². The third-order valence-electron chi connectivity index (χ3n) is 4.64. The molecular weight excluding hydrogens is 486 g/mol. The molecule has 2 rings (SSSR count). The normalized spacial score (nSPS) is 36.2. The van der Waals surface area contributed by atoms with Crippen LogP contribution in [0.15, 0.2) is 0 Å². The monoisotopic (exact) mass is 511 g/mol. The average molecular weight is 511 g/mol. The fraction of sp³-hybridized carbons (Fsp3) is 0.923. The Kier molecular flexibility index (Phi) is 5.46. The Morgan fingerprint density at radius 2 is 2.00 bits per heavy atom. The van der Waals surface area contributed by atoms with Crippen molar-refractivity contribution in [1.29, 1.82) is 0 Å². The van der Waals surface area contributed by atoms with Crippen LogP contribution in [0.25, 0.3) is 0 Å². The van der Waals surface area contributed by atoms with E-state index in [0.29, 0.717) is 6.61 Å². The molecule has 0 aromatic rings. The smallest absolute Gasteiger partial charge is 0.192 e. The number of aliphatic hydroxyl groups excluding tert-OH is 1. The minimum atomic E-state index is -1.90. The van der Waals surface area contributed by atoms with Gasteiger partial charge in [-0.1, -0.05) is 20.8 Å². The third-order valence-corrected chi connectivity index (χ3v) is 9.09. The van der Waals surface area contributed by atoms with Gasteiger partial charge in [-0.05, 0) is 31.2 Å². The Hall–Kier alpha value is 1.11. The molecule has 0 aromatic heterocycles. The molecule has 0 amide bonds. The van der Waals surface area contributed by atoms with E-state index < -0.39 is 20.0 Å². The van der Waals surface area contributed by atoms with Crippen LogP contribution in [0.4, 0.5) is 0 Å². The molecule has 4 atom stereocenters. The van der Waals surface area contributed by atoms with Crippen molar-refractivity contribution in [3.05, 3.63) is 6.61 Å². The van der Waals surface area contributed by atoms with E-state index >= 15 is 0 Å². The van der Waals surface area contributed by atoms with E-state index in [-0.39, 0.29) is 48.4 Å². The van der Waals surface area contributed by atoms with Crippen LogP contribution in [0.3, 0.4) is 0 Å². The van der Waals surface area contributed by atoms with Crippen molar-refractivity contribution in [1.82, 2.24) is 0 Å². The summed E-state index contributed by atoms with van der Waals surface area (Å²) < 4.78 is 17.7. The van der Waals surface area contributed by atoms with Crippen molar-refractivity contribution in [2.45, 2.75) is 69.7 Å². The molecule has 0 spiro atoms. The summed E-state index contributed by atoms with van der Waals surface area (Å²) >= 11 is 0. The third kappa shape index (κ3) is 3.01. The van der Waals surface area contributed by atoms with Crippen molar-refractivity contribution >= 4 is 8.32 Å². The molecule has 4 nitrogen and oxygen atoms in total. The number of fused-ring (bicyclic) bond motifs is 2. The van der Waals surface area contributed by atoms with E-state index in [1.807, 2.05) is 0 Å².